The Hall–Kier alpha value is -1.53. The minimum atomic E-state index is 0.0772. The molecule has 142 valence electrons. The monoisotopic (exact) mass is 394 g/mol. The van der Waals surface area contributed by atoms with Gasteiger partial charge in [-0.3, -0.25) is 4.79 Å². The van der Waals surface area contributed by atoms with Crippen LogP contribution in [0.25, 0.3) is 0 Å². The van der Waals surface area contributed by atoms with Crippen LogP contribution in [0.1, 0.15) is 38.1 Å². The predicted molar refractivity (Wildman–Crippen MR) is 108 cm³/mol. The third kappa shape index (κ3) is 6.65. The SMILES string of the molecule is CSc1nnc(CCCNC(=O)CCc2ccc(Cl)cc2)n1CC(C)C. The number of nitrogens with zero attached hydrogens (tertiary/aromatic N) is 3. The number of nitrogens with one attached hydrogen (secondary N) is 1. The van der Waals surface area contributed by atoms with Crippen molar-refractivity contribution in [3.05, 3.63) is 40.7 Å². The van der Waals surface area contributed by atoms with Crippen molar-refractivity contribution in [1.29, 1.82) is 0 Å². The highest BCUT2D eigenvalue weighted by atomic mass is 35.5. The lowest BCUT2D eigenvalue weighted by Crippen LogP contribution is -2.25. The second-order valence-corrected chi connectivity index (χ2v) is 7.90. The molecule has 5 nitrogen and oxygen atoms in total. The quantitative estimate of drug-likeness (QED) is 0.489. The zero-order valence-corrected chi connectivity index (χ0v) is 17.2. The summed E-state index contributed by atoms with van der Waals surface area (Å²) in [5.74, 6) is 1.62. The molecular formula is C19H27ClN4OS. The molecule has 0 aliphatic carbocycles. The Balaban J connectivity index is 1.72. The number of hydrogen-bond donors (Lipinski definition) is 1. The van der Waals surface area contributed by atoms with Crippen LogP contribution in [0.2, 0.25) is 5.02 Å². The van der Waals surface area contributed by atoms with Gasteiger partial charge in [0.25, 0.3) is 0 Å². The van der Waals surface area contributed by atoms with Crippen molar-refractivity contribution in [3.8, 4) is 0 Å². The van der Waals surface area contributed by atoms with E-state index in [-0.39, 0.29) is 5.91 Å². The summed E-state index contributed by atoms with van der Waals surface area (Å²) in [7, 11) is 0. The van der Waals surface area contributed by atoms with Crippen LogP contribution in [0.3, 0.4) is 0 Å². The van der Waals surface area contributed by atoms with Crippen LogP contribution in [0.4, 0.5) is 0 Å². The van der Waals surface area contributed by atoms with Crippen molar-refractivity contribution in [3.63, 3.8) is 0 Å². The van der Waals surface area contributed by atoms with E-state index in [1.165, 1.54) is 0 Å². The average Bonchev–Trinajstić information content (AvgIpc) is 2.99. The molecule has 0 saturated heterocycles. The van der Waals surface area contributed by atoms with E-state index >= 15 is 0 Å². The Morgan fingerprint density at radius 3 is 2.62 bits per heavy atom. The summed E-state index contributed by atoms with van der Waals surface area (Å²) in [5.41, 5.74) is 1.12. The molecule has 0 atom stereocenters. The van der Waals surface area contributed by atoms with Crippen LogP contribution in [0.15, 0.2) is 29.4 Å². The van der Waals surface area contributed by atoms with E-state index < -0.39 is 0 Å². The number of amides is 1. The van der Waals surface area contributed by atoms with Gasteiger partial charge >= 0.3 is 0 Å². The molecule has 0 spiro atoms. The standard InChI is InChI=1S/C19H27ClN4OS/c1-14(2)13-24-17(22-23-19(24)26-3)5-4-12-21-18(25)11-8-15-6-9-16(20)10-7-15/h6-7,9-10,14H,4-5,8,11-13H2,1-3H3,(H,21,25). The molecule has 7 heteroatoms. The number of thioether (sulfide) groups is 1. The second kappa shape index (κ2) is 10.6. The number of aromatic nitrogens is 3. The largest absolute Gasteiger partial charge is 0.356 e. The molecule has 0 aliphatic rings. The Labute approximate surface area is 164 Å². The fourth-order valence-corrected chi connectivity index (χ4v) is 3.32. The summed E-state index contributed by atoms with van der Waals surface area (Å²) in [5, 5.41) is 13.2. The van der Waals surface area contributed by atoms with Gasteiger partial charge in [0.05, 0.1) is 0 Å². The van der Waals surface area contributed by atoms with E-state index in [0.717, 1.165) is 42.4 Å². The first-order valence-corrected chi connectivity index (χ1v) is 10.6. The Morgan fingerprint density at radius 1 is 1.23 bits per heavy atom. The maximum atomic E-state index is 12.0. The van der Waals surface area contributed by atoms with E-state index in [0.29, 0.717) is 23.9 Å². The molecule has 0 bridgehead atoms. The number of halogens is 1. The summed E-state index contributed by atoms with van der Waals surface area (Å²) in [4.78, 5) is 12.0. The highest BCUT2D eigenvalue weighted by Crippen LogP contribution is 2.16. The molecule has 0 unspecified atom stereocenters. The van der Waals surface area contributed by atoms with Crippen LogP contribution in [-0.2, 0) is 24.2 Å². The van der Waals surface area contributed by atoms with Gasteiger partial charge in [0.2, 0.25) is 5.91 Å². The minimum absolute atomic E-state index is 0.0772. The van der Waals surface area contributed by atoms with Gasteiger partial charge < -0.3 is 9.88 Å². The Kier molecular flexibility index (Phi) is 8.45. The van der Waals surface area contributed by atoms with Gasteiger partial charge in [-0.25, -0.2) is 0 Å². The van der Waals surface area contributed by atoms with Crippen LogP contribution in [-0.4, -0.2) is 33.5 Å². The zero-order valence-electron chi connectivity index (χ0n) is 15.7. The lowest BCUT2D eigenvalue weighted by Gasteiger charge is -2.11. The number of hydrogen-bond acceptors (Lipinski definition) is 4. The number of carbonyl (C=O) groups is 1. The third-order valence-electron chi connectivity index (χ3n) is 3.98. The maximum Gasteiger partial charge on any atom is 0.220 e. The van der Waals surface area contributed by atoms with Gasteiger partial charge in [-0.1, -0.05) is 49.3 Å². The van der Waals surface area contributed by atoms with Crippen molar-refractivity contribution in [2.75, 3.05) is 12.8 Å². The highest BCUT2D eigenvalue weighted by Gasteiger charge is 2.12. The summed E-state index contributed by atoms with van der Waals surface area (Å²) in [6, 6.07) is 7.62. The first kappa shape index (κ1) is 20.8. The van der Waals surface area contributed by atoms with Crippen molar-refractivity contribution in [2.24, 2.45) is 5.92 Å². The molecule has 0 saturated carbocycles. The summed E-state index contributed by atoms with van der Waals surface area (Å²) in [6.07, 6.45) is 4.91. The first-order chi connectivity index (χ1) is 12.5. The van der Waals surface area contributed by atoms with Crippen molar-refractivity contribution < 1.29 is 4.79 Å². The molecule has 1 heterocycles. The zero-order chi connectivity index (χ0) is 18.9. The van der Waals surface area contributed by atoms with Gasteiger partial charge in [-0.2, -0.15) is 0 Å². The summed E-state index contributed by atoms with van der Waals surface area (Å²) < 4.78 is 2.19. The number of benzene rings is 1. The van der Waals surface area contributed by atoms with Crippen LogP contribution in [0, 0.1) is 5.92 Å². The topological polar surface area (TPSA) is 59.8 Å². The molecule has 2 rings (SSSR count). The van der Waals surface area contributed by atoms with Crippen LogP contribution in [0.5, 0.6) is 0 Å². The third-order valence-corrected chi connectivity index (χ3v) is 4.90. The van der Waals surface area contributed by atoms with Crippen molar-refractivity contribution in [2.45, 2.75) is 51.2 Å². The lowest BCUT2D eigenvalue weighted by molar-refractivity contribution is -0.121. The van der Waals surface area contributed by atoms with E-state index in [9.17, 15) is 4.79 Å². The second-order valence-electron chi connectivity index (χ2n) is 6.69. The van der Waals surface area contributed by atoms with E-state index in [2.05, 4.69) is 33.9 Å². The van der Waals surface area contributed by atoms with Gasteiger partial charge in [0.1, 0.15) is 5.82 Å². The molecule has 0 fully saturated rings. The Bertz CT molecular complexity index is 700. The number of aryl methyl sites for hydroxylation is 2. The normalized spacial score (nSPS) is 11.1. The molecule has 1 aromatic heterocycles. The van der Waals surface area contributed by atoms with E-state index in [1.807, 2.05) is 30.5 Å². The van der Waals surface area contributed by atoms with E-state index in [4.69, 9.17) is 11.6 Å². The predicted octanol–water partition coefficient (Wildman–Crippen LogP) is 3.99. The first-order valence-electron chi connectivity index (χ1n) is 8.96. The fourth-order valence-electron chi connectivity index (χ4n) is 2.68. The molecule has 0 radical (unpaired) electrons. The van der Waals surface area contributed by atoms with Gasteiger partial charge in [-0.15, -0.1) is 10.2 Å². The van der Waals surface area contributed by atoms with Crippen molar-refractivity contribution >= 4 is 29.3 Å². The Morgan fingerprint density at radius 2 is 1.96 bits per heavy atom. The minimum Gasteiger partial charge on any atom is -0.356 e. The van der Waals surface area contributed by atoms with Gasteiger partial charge in [0.15, 0.2) is 5.16 Å². The molecule has 1 aromatic carbocycles. The molecule has 1 N–H and O–H groups in total. The lowest BCUT2D eigenvalue weighted by atomic mass is 10.1. The molecular weight excluding hydrogens is 368 g/mol. The summed E-state index contributed by atoms with van der Waals surface area (Å²) >= 11 is 7.49. The molecule has 2 aromatic rings. The average molecular weight is 395 g/mol. The fraction of sp³-hybridized carbons (Fsp3) is 0.526. The molecule has 1 amide bonds. The maximum absolute atomic E-state index is 12.0. The molecule has 0 aliphatic heterocycles. The van der Waals surface area contributed by atoms with Gasteiger partial charge in [0, 0.05) is 31.0 Å². The van der Waals surface area contributed by atoms with Crippen molar-refractivity contribution in [1.82, 2.24) is 20.1 Å². The number of rotatable bonds is 10. The van der Waals surface area contributed by atoms with E-state index in [1.54, 1.807) is 11.8 Å². The van der Waals surface area contributed by atoms with Gasteiger partial charge in [-0.05, 0) is 42.7 Å². The molecule has 26 heavy (non-hydrogen) atoms. The van der Waals surface area contributed by atoms with Crippen LogP contribution >= 0.6 is 23.4 Å². The summed E-state index contributed by atoms with van der Waals surface area (Å²) in [6.45, 7) is 5.96. The van der Waals surface area contributed by atoms with Crippen LogP contribution < -0.4 is 5.32 Å². The smallest absolute Gasteiger partial charge is 0.220 e. The number of carbonyl (C=O) groups excluding carboxylic acids is 1. The highest BCUT2D eigenvalue weighted by molar-refractivity contribution is 7.98.